The summed E-state index contributed by atoms with van der Waals surface area (Å²) in [5.41, 5.74) is 0.611. The molecule has 0 saturated carbocycles. The maximum atomic E-state index is 13.1. The Morgan fingerprint density at radius 1 is 1.50 bits per heavy atom. The van der Waals surface area contributed by atoms with Gasteiger partial charge in [-0.2, -0.15) is 5.26 Å². The molecule has 4 heteroatoms. The van der Waals surface area contributed by atoms with Gasteiger partial charge in [-0.3, -0.25) is 4.90 Å². The third-order valence-corrected chi connectivity index (χ3v) is 2.20. The molecule has 74 valence electrons. The van der Waals surface area contributed by atoms with Crippen molar-refractivity contribution in [1.29, 1.82) is 5.26 Å². The Morgan fingerprint density at radius 3 is 2.57 bits per heavy atom. The number of benzene rings is 1. The Kier molecular flexibility index (Phi) is 3.45. The van der Waals surface area contributed by atoms with E-state index in [4.69, 9.17) is 16.9 Å². The standard InChI is InChI=1S/C10H10ClFN2/c1-14(2)10(6-13)7-3-4-8(11)9(12)5-7/h3-5,10H,1-2H3/t10-/m0/s1. The maximum Gasteiger partial charge on any atom is 0.142 e. The molecule has 0 fully saturated rings. The normalized spacial score (nSPS) is 12.6. The molecule has 0 bridgehead atoms. The van der Waals surface area contributed by atoms with Gasteiger partial charge in [0, 0.05) is 0 Å². The van der Waals surface area contributed by atoms with Gasteiger partial charge in [0.1, 0.15) is 11.9 Å². The predicted octanol–water partition coefficient (Wildman–Crippen LogP) is 2.61. The minimum absolute atomic E-state index is 0.0733. The SMILES string of the molecule is CN(C)[C@@H](C#N)c1ccc(Cl)c(F)c1. The van der Waals surface area contributed by atoms with Gasteiger partial charge in [-0.15, -0.1) is 0 Å². The number of hydrogen-bond donors (Lipinski definition) is 0. The smallest absolute Gasteiger partial charge is 0.142 e. The summed E-state index contributed by atoms with van der Waals surface area (Å²) in [4.78, 5) is 1.71. The lowest BCUT2D eigenvalue weighted by molar-refractivity contribution is 0.357. The Labute approximate surface area is 87.5 Å². The van der Waals surface area contributed by atoms with Crippen molar-refractivity contribution in [2.24, 2.45) is 0 Å². The van der Waals surface area contributed by atoms with Crippen LogP contribution in [0.3, 0.4) is 0 Å². The number of nitriles is 1. The lowest BCUT2D eigenvalue weighted by Gasteiger charge is -2.17. The Bertz CT molecular complexity index is 371. The maximum absolute atomic E-state index is 13.1. The van der Waals surface area contributed by atoms with Crippen LogP contribution >= 0.6 is 11.6 Å². The number of hydrogen-bond acceptors (Lipinski definition) is 2. The second-order valence-electron chi connectivity index (χ2n) is 3.17. The van der Waals surface area contributed by atoms with Crippen molar-refractivity contribution < 1.29 is 4.39 Å². The fraction of sp³-hybridized carbons (Fsp3) is 0.300. The minimum atomic E-state index is -0.494. The fourth-order valence-electron chi connectivity index (χ4n) is 1.17. The zero-order valence-corrected chi connectivity index (χ0v) is 8.72. The fourth-order valence-corrected chi connectivity index (χ4v) is 1.29. The third-order valence-electron chi connectivity index (χ3n) is 1.90. The van der Waals surface area contributed by atoms with Crippen LogP contribution in [0.5, 0.6) is 0 Å². The summed E-state index contributed by atoms with van der Waals surface area (Å²) in [5.74, 6) is -0.494. The van der Waals surface area contributed by atoms with Crippen LogP contribution < -0.4 is 0 Å². The van der Waals surface area contributed by atoms with E-state index in [2.05, 4.69) is 6.07 Å². The molecular formula is C10H10ClFN2. The molecule has 0 amide bonds. The first-order valence-corrected chi connectivity index (χ1v) is 4.45. The van der Waals surface area contributed by atoms with Crippen LogP contribution in [0.25, 0.3) is 0 Å². The van der Waals surface area contributed by atoms with Crippen LogP contribution in [-0.2, 0) is 0 Å². The van der Waals surface area contributed by atoms with Crippen molar-refractivity contribution in [3.8, 4) is 6.07 Å². The number of halogens is 2. The largest absolute Gasteiger partial charge is 0.291 e. The second kappa shape index (κ2) is 4.41. The molecule has 0 unspecified atom stereocenters. The molecule has 0 aliphatic rings. The first-order valence-electron chi connectivity index (χ1n) is 4.07. The van der Waals surface area contributed by atoms with Gasteiger partial charge in [-0.25, -0.2) is 4.39 Å². The molecule has 2 nitrogen and oxygen atoms in total. The number of rotatable bonds is 2. The van der Waals surface area contributed by atoms with Gasteiger partial charge in [-0.05, 0) is 31.8 Å². The molecule has 0 radical (unpaired) electrons. The lowest BCUT2D eigenvalue weighted by Crippen LogP contribution is -2.18. The van der Waals surface area contributed by atoms with Crippen LogP contribution in [0.4, 0.5) is 4.39 Å². The van der Waals surface area contributed by atoms with Crippen LogP contribution in [0.1, 0.15) is 11.6 Å². The van der Waals surface area contributed by atoms with E-state index in [9.17, 15) is 4.39 Å². The van der Waals surface area contributed by atoms with Crippen LogP contribution in [0.15, 0.2) is 18.2 Å². The highest BCUT2D eigenvalue weighted by atomic mass is 35.5. The molecule has 0 saturated heterocycles. The monoisotopic (exact) mass is 212 g/mol. The summed E-state index contributed by atoms with van der Waals surface area (Å²) in [6, 6.07) is 6.04. The summed E-state index contributed by atoms with van der Waals surface area (Å²) in [6.45, 7) is 0. The number of nitrogens with zero attached hydrogens (tertiary/aromatic N) is 2. The van der Waals surface area contributed by atoms with Crippen molar-refractivity contribution in [1.82, 2.24) is 4.90 Å². The lowest BCUT2D eigenvalue weighted by atomic mass is 10.1. The minimum Gasteiger partial charge on any atom is -0.291 e. The van der Waals surface area contributed by atoms with Crippen molar-refractivity contribution in [3.05, 3.63) is 34.6 Å². The highest BCUT2D eigenvalue weighted by molar-refractivity contribution is 6.30. The molecule has 1 rings (SSSR count). The van der Waals surface area contributed by atoms with E-state index in [1.807, 2.05) is 0 Å². The van der Waals surface area contributed by atoms with Crippen molar-refractivity contribution in [2.75, 3.05) is 14.1 Å². The van der Waals surface area contributed by atoms with Crippen LogP contribution in [0.2, 0.25) is 5.02 Å². The summed E-state index contributed by atoms with van der Waals surface area (Å²) >= 11 is 5.54. The Morgan fingerprint density at radius 2 is 2.14 bits per heavy atom. The highest BCUT2D eigenvalue weighted by Crippen LogP contribution is 2.22. The molecule has 1 aromatic carbocycles. The van der Waals surface area contributed by atoms with Gasteiger partial charge in [0.25, 0.3) is 0 Å². The average molecular weight is 213 g/mol. The van der Waals surface area contributed by atoms with Crippen LogP contribution in [-0.4, -0.2) is 19.0 Å². The van der Waals surface area contributed by atoms with Gasteiger partial charge in [-0.1, -0.05) is 17.7 Å². The molecule has 1 aromatic rings. The van der Waals surface area contributed by atoms with Gasteiger partial charge in [0.05, 0.1) is 11.1 Å². The zero-order chi connectivity index (χ0) is 10.7. The Hall–Kier alpha value is -1.11. The van der Waals surface area contributed by atoms with E-state index in [1.54, 1.807) is 25.1 Å². The van der Waals surface area contributed by atoms with E-state index in [0.717, 1.165) is 0 Å². The summed E-state index contributed by atoms with van der Waals surface area (Å²) in [7, 11) is 3.53. The first-order chi connectivity index (χ1) is 6.56. The molecule has 0 aliphatic heterocycles. The summed E-state index contributed by atoms with van der Waals surface area (Å²) in [6.07, 6.45) is 0. The van der Waals surface area contributed by atoms with Crippen molar-refractivity contribution >= 4 is 11.6 Å². The quantitative estimate of drug-likeness (QED) is 0.754. The molecule has 0 aromatic heterocycles. The van der Waals surface area contributed by atoms with Gasteiger partial charge in [0.2, 0.25) is 0 Å². The molecular weight excluding hydrogens is 203 g/mol. The van der Waals surface area contributed by atoms with E-state index >= 15 is 0 Å². The van der Waals surface area contributed by atoms with Crippen molar-refractivity contribution in [3.63, 3.8) is 0 Å². The van der Waals surface area contributed by atoms with Gasteiger partial charge in [0.15, 0.2) is 0 Å². The van der Waals surface area contributed by atoms with Crippen molar-refractivity contribution in [2.45, 2.75) is 6.04 Å². The first kappa shape index (κ1) is 11.0. The zero-order valence-electron chi connectivity index (χ0n) is 7.96. The predicted molar refractivity (Wildman–Crippen MR) is 53.5 cm³/mol. The summed E-state index contributed by atoms with van der Waals surface area (Å²) in [5, 5.41) is 8.94. The Balaban J connectivity index is 3.08. The topological polar surface area (TPSA) is 27.0 Å². The average Bonchev–Trinajstić information content (AvgIpc) is 2.11. The van der Waals surface area contributed by atoms with E-state index in [0.29, 0.717) is 5.56 Å². The molecule has 14 heavy (non-hydrogen) atoms. The second-order valence-corrected chi connectivity index (χ2v) is 3.58. The van der Waals surface area contributed by atoms with E-state index < -0.39 is 11.9 Å². The van der Waals surface area contributed by atoms with Gasteiger partial charge < -0.3 is 0 Å². The molecule has 0 aliphatic carbocycles. The van der Waals surface area contributed by atoms with E-state index in [-0.39, 0.29) is 5.02 Å². The van der Waals surface area contributed by atoms with Crippen LogP contribution in [0, 0.1) is 17.1 Å². The molecule has 0 heterocycles. The van der Waals surface area contributed by atoms with Gasteiger partial charge >= 0.3 is 0 Å². The molecule has 1 atom stereocenters. The van der Waals surface area contributed by atoms with E-state index in [1.165, 1.54) is 12.1 Å². The molecule has 0 spiro atoms. The molecule has 0 N–H and O–H groups in total. The summed E-state index contributed by atoms with van der Waals surface area (Å²) < 4.78 is 13.1. The highest BCUT2D eigenvalue weighted by Gasteiger charge is 2.14. The third kappa shape index (κ3) is 2.22.